The highest BCUT2D eigenvalue weighted by molar-refractivity contribution is 5.61. The molecule has 144 valence electrons. The van der Waals surface area contributed by atoms with Crippen LogP contribution in [0.3, 0.4) is 0 Å². The van der Waals surface area contributed by atoms with E-state index >= 15 is 0 Å². The lowest BCUT2D eigenvalue weighted by molar-refractivity contribution is 0.0670. The van der Waals surface area contributed by atoms with Gasteiger partial charge >= 0.3 is 0 Å². The van der Waals surface area contributed by atoms with Crippen molar-refractivity contribution in [2.45, 2.75) is 58.6 Å². The van der Waals surface area contributed by atoms with Crippen molar-refractivity contribution < 1.29 is 5.11 Å². The third kappa shape index (κ3) is 5.50. The van der Waals surface area contributed by atoms with Crippen LogP contribution in [0, 0.1) is 5.92 Å². The number of aromatic amines is 1. The second kappa shape index (κ2) is 8.48. The highest BCUT2D eigenvalue weighted by atomic mass is 16.3. The Morgan fingerprint density at radius 2 is 1.96 bits per heavy atom. The van der Waals surface area contributed by atoms with Crippen molar-refractivity contribution in [3.8, 4) is 11.3 Å². The SMILES string of the molecule is CC(CCCC(C)(C)O)Cc1c(-c2ccccc2)ncn1Cc1ncn[nH]1. The molecule has 0 bridgehead atoms. The number of hydrogen-bond donors (Lipinski definition) is 2. The lowest BCUT2D eigenvalue weighted by Gasteiger charge is -2.19. The number of rotatable bonds is 9. The van der Waals surface area contributed by atoms with Crippen molar-refractivity contribution >= 4 is 0 Å². The molecule has 27 heavy (non-hydrogen) atoms. The maximum atomic E-state index is 9.94. The van der Waals surface area contributed by atoms with Gasteiger partial charge in [-0.1, -0.05) is 50.1 Å². The van der Waals surface area contributed by atoms with Gasteiger partial charge in [0.25, 0.3) is 0 Å². The van der Waals surface area contributed by atoms with Crippen LogP contribution in [0.4, 0.5) is 0 Å². The van der Waals surface area contributed by atoms with Crippen LogP contribution in [0.1, 0.15) is 51.6 Å². The number of aliphatic hydroxyl groups is 1. The minimum absolute atomic E-state index is 0.500. The number of hydrogen-bond acceptors (Lipinski definition) is 4. The average molecular weight is 367 g/mol. The smallest absolute Gasteiger partial charge is 0.144 e. The summed E-state index contributed by atoms with van der Waals surface area (Å²) >= 11 is 0. The predicted octanol–water partition coefficient (Wildman–Crippen LogP) is 3.84. The van der Waals surface area contributed by atoms with Crippen LogP contribution in [-0.2, 0) is 13.0 Å². The molecule has 2 heterocycles. The molecule has 0 amide bonds. The highest BCUT2D eigenvalue weighted by Gasteiger charge is 2.18. The minimum atomic E-state index is -0.594. The second-order valence-electron chi connectivity index (χ2n) is 7.98. The van der Waals surface area contributed by atoms with Gasteiger partial charge in [0, 0.05) is 11.3 Å². The molecule has 3 aromatic rings. The van der Waals surface area contributed by atoms with E-state index in [1.54, 1.807) is 0 Å². The normalized spacial score (nSPS) is 13.0. The fourth-order valence-corrected chi connectivity index (χ4v) is 3.38. The monoisotopic (exact) mass is 367 g/mol. The molecule has 1 atom stereocenters. The fraction of sp³-hybridized carbons (Fsp3) is 0.476. The van der Waals surface area contributed by atoms with Crippen LogP contribution in [0.5, 0.6) is 0 Å². The summed E-state index contributed by atoms with van der Waals surface area (Å²) in [5, 5.41) is 16.8. The number of nitrogens with one attached hydrogen (secondary N) is 1. The molecule has 0 fully saturated rings. The average Bonchev–Trinajstić information content (AvgIpc) is 3.26. The van der Waals surface area contributed by atoms with E-state index in [1.807, 2.05) is 38.4 Å². The van der Waals surface area contributed by atoms with E-state index in [2.05, 4.69) is 38.8 Å². The Bertz CT molecular complexity index is 818. The Kier molecular flexibility index (Phi) is 6.06. The summed E-state index contributed by atoms with van der Waals surface area (Å²) in [5.41, 5.74) is 2.79. The Balaban J connectivity index is 1.78. The molecule has 3 rings (SSSR count). The molecule has 0 saturated carbocycles. The van der Waals surface area contributed by atoms with E-state index < -0.39 is 5.60 Å². The summed E-state index contributed by atoms with van der Waals surface area (Å²) in [4.78, 5) is 8.95. The van der Waals surface area contributed by atoms with Crippen LogP contribution in [0.15, 0.2) is 43.0 Å². The summed E-state index contributed by atoms with van der Waals surface area (Å²) in [5.74, 6) is 1.32. The number of nitrogens with zero attached hydrogens (tertiary/aromatic N) is 4. The molecule has 2 aromatic heterocycles. The first-order valence-electron chi connectivity index (χ1n) is 9.58. The molecule has 6 nitrogen and oxygen atoms in total. The van der Waals surface area contributed by atoms with Crippen molar-refractivity contribution in [1.29, 1.82) is 0 Å². The van der Waals surface area contributed by atoms with Gasteiger partial charge in [-0.2, -0.15) is 5.10 Å². The highest BCUT2D eigenvalue weighted by Crippen LogP contribution is 2.27. The molecular formula is C21H29N5O. The van der Waals surface area contributed by atoms with E-state index in [1.165, 1.54) is 12.0 Å². The molecule has 0 spiro atoms. The molecule has 1 unspecified atom stereocenters. The van der Waals surface area contributed by atoms with Crippen molar-refractivity contribution in [2.24, 2.45) is 5.92 Å². The molecule has 0 aliphatic heterocycles. The number of imidazole rings is 1. The third-order valence-electron chi connectivity index (χ3n) is 4.81. The maximum absolute atomic E-state index is 9.94. The third-order valence-corrected chi connectivity index (χ3v) is 4.81. The van der Waals surface area contributed by atoms with Crippen LogP contribution in [-0.4, -0.2) is 35.4 Å². The van der Waals surface area contributed by atoms with Crippen molar-refractivity contribution in [3.63, 3.8) is 0 Å². The zero-order chi connectivity index (χ0) is 19.3. The lowest BCUT2D eigenvalue weighted by Crippen LogP contribution is -2.18. The standard InChI is InChI=1S/C21H29N5O/c1-16(8-7-11-21(2,3)27)12-18-20(17-9-5-4-6-10-17)23-15-26(18)13-19-22-14-24-25-19/h4-6,9-10,14-16,27H,7-8,11-13H2,1-3H3,(H,22,24,25). The summed E-state index contributed by atoms with van der Waals surface area (Å²) < 4.78 is 2.16. The largest absolute Gasteiger partial charge is 0.390 e. The first kappa shape index (κ1) is 19.3. The van der Waals surface area contributed by atoms with Crippen LogP contribution in [0.25, 0.3) is 11.3 Å². The molecule has 0 saturated heterocycles. The molecule has 0 radical (unpaired) electrons. The van der Waals surface area contributed by atoms with E-state index in [0.717, 1.165) is 42.8 Å². The summed E-state index contributed by atoms with van der Waals surface area (Å²) in [7, 11) is 0. The van der Waals surface area contributed by atoms with E-state index in [9.17, 15) is 5.11 Å². The Morgan fingerprint density at radius 3 is 2.63 bits per heavy atom. The van der Waals surface area contributed by atoms with E-state index in [0.29, 0.717) is 12.5 Å². The molecule has 2 N–H and O–H groups in total. The molecule has 0 aliphatic carbocycles. The van der Waals surface area contributed by atoms with Crippen molar-refractivity contribution in [1.82, 2.24) is 24.7 Å². The maximum Gasteiger partial charge on any atom is 0.144 e. The van der Waals surface area contributed by atoms with Gasteiger partial charge in [0.15, 0.2) is 0 Å². The molecule has 0 aliphatic rings. The van der Waals surface area contributed by atoms with Gasteiger partial charge in [0.1, 0.15) is 12.2 Å². The first-order chi connectivity index (χ1) is 12.9. The fourth-order valence-electron chi connectivity index (χ4n) is 3.38. The number of H-pyrrole nitrogens is 1. The van der Waals surface area contributed by atoms with Crippen LogP contribution >= 0.6 is 0 Å². The van der Waals surface area contributed by atoms with E-state index in [-0.39, 0.29) is 0 Å². The topological polar surface area (TPSA) is 79.6 Å². The van der Waals surface area contributed by atoms with Gasteiger partial charge in [-0.05, 0) is 32.6 Å². The van der Waals surface area contributed by atoms with Gasteiger partial charge in [0.05, 0.1) is 24.2 Å². The summed E-state index contributed by atoms with van der Waals surface area (Å²) in [6.45, 7) is 6.64. The van der Waals surface area contributed by atoms with Gasteiger partial charge in [-0.25, -0.2) is 9.97 Å². The van der Waals surface area contributed by atoms with Crippen molar-refractivity contribution in [2.75, 3.05) is 0 Å². The predicted molar refractivity (Wildman–Crippen MR) is 106 cm³/mol. The number of benzene rings is 1. The summed E-state index contributed by atoms with van der Waals surface area (Å²) in [6, 6.07) is 10.3. The Morgan fingerprint density at radius 1 is 1.19 bits per heavy atom. The van der Waals surface area contributed by atoms with Gasteiger partial charge in [-0.3, -0.25) is 5.10 Å². The van der Waals surface area contributed by atoms with E-state index in [4.69, 9.17) is 4.98 Å². The van der Waals surface area contributed by atoms with Crippen LogP contribution in [0.2, 0.25) is 0 Å². The van der Waals surface area contributed by atoms with Gasteiger partial charge < -0.3 is 9.67 Å². The quantitative estimate of drug-likeness (QED) is 0.602. The summed E-state index contributed by atoms with van der Waals surface area (Å²) in [6.07, 6.45) is 7.27. The zero-order valence-corrected chi connectivity index (χ0v) is 16.4. The van der Waals surface area contributed by atoms with Crippen molar-refractivity contribution in [3.05, 3.63) is 54.5 Å². The molecule has 1 aromatic carbocycles. The van der Waals surface area contributed by atoms with Crippen LogP contribution < -0.4 is 0 Å². The Labute approximate surface area is 160 Å². The second-order valence-corrected chi connectivity index (χ2v) is 7.98. The van der Waals surface area contributed by atoms with Gasteiger partial charge in [0.2, 0.25) is 0 Å². The Hall–Kier alpha value is -2.47. The molecular weight excluding hydrogens is 338 g/mol. The lowest BCUT2D eigenvalue weighted by atomic mass is 9.93. The molecule has 6 heteroatoms. The van der Waals surface area contributed by atoms with Gasteiger partial charge in [-0.15, -0.1) is 0 Å². The minimum Gasteiger partial charge on any atom is -0.390 e. The first-order valence-corrected chi connectivity index (χ1v) is 9.58. The number of aromatic nitrogens is 5. The zero-order valence-electron chi connectivity index (χ0n) is 16.4.